The average molecular weight is 383 g/mol. The summed E-state index contributed by atoms with van der Waals surface area (Å²) in [5, 5.41) is 14.4. The highest BCUT2D eigenvalue weighted by molar-refractivity contribution is 6.36. The van der Waals surface area contributed by atoms with Gasteiger partial charge in [0.25, 0.3) is 5.91 Å². The number of phenolic OH excluding ortho intramolecular Hbond substituents is 1. The first-order valence-electron chi connectivity index (χ1n) is 7.11. The lowest BCUT2D eigenvalue weighted by molar-refractivity contribution is 0.0954. The van der Waals surface area contributed by atoms with Gasteiger partial charge >= 0.3 is 0 Å². The van der Waals surface area contributed by atoms with E-state index in [4.69, 9.17) is 32.7 Å². The molecule has 0 heterocycles. The minimum Gasteiger partial charge on any atom is -0.506 e. The highest BCUT2D eigenvalue weighted by Crippen LogP contribution is 2.31. The van der Waals surface area contributed by atoms with Crippen LogP contribution >= 0.6 is 23.2 Å². The summed E-state index contributed by atoms with van der Waals surface area (Å²) in [6, 6.07) is 7.67. The Hall–Kier alpha value is -2.44. The van der Waals surface area contributed by atoms with Crippen LogP contribution in [-0.2, 0) is 0 Å². The molecule has 2 aromatic rings. The first-order valence-corrected chi connectivity index (χ1v) is 7.87. The molecular weight excluding hydrogens is 367 g/mol. The maximum atomic E-state index is 12.3. The zero-order valence-corrected chi connectivity index (χ0v) is 15.3. The van der Waals surface area contributed by atoms with E-state index in [-0.39, 0.29) is 10.8 Å². The third-order valence-corrected chi connectivity index (χ3v) is 3.86. The van der Waals surface area contributed by atoms with E-state index in [0.29, 0.717) is 33.4 Å². The molecular formula is C17H16Cl2N2O4. The van der Waals surface area contributed by atoms with E-state index in [1.165, 1.54) is 26.4 Å². The lowest BCUT2D eigenvalue weighted by atomic mass is 10.1. The number of methoxy groups -OCH3 is 2. The predicted octanol–water partition coefficient (Wildman–Crippen LogP) is 3.87. The van der Waals surface area contributed by atoms with Crippen molar-refractivity contribution in [3.63, 3.8) is 0 Å². The van der Waals surface area contributed by atoms with Crippen molar-refractivity contribution in [3.05, 3.63) is 51.5 Å². The first kappa shape index (κ1) is 18.9. The van der Waals surface area contributed by atoms with E-state index in [9.17, 15) is 9.90 Å². The van der Waals surface area contributed by atoms with Gasteiger partial charge in [0.15, 0.2) is 0 Å². The lowest BCUT2D eigenvalue weighted by Gasteiger charge is -2.09. The summed E-state index contributed by atoms with van der Waals surface area (Å²) >= 11 is 11.8. The number of nitrogens with one attached hydrogen (secondary N) is 1. The van der Waals surface area contributed by atoms with Crippen molar-refractivity contribution in [2.24, 2.45) is 5.10 Å². The maximum Gasteiger partial charge on any atom is 0.271 e. The molecule has 0 atom stereocenters. The topological polar surface area (TPSA) is 80.2 Å². The van der Waals surface area contributed by atoms with Crippen LogP contribution < -0.4 is 14.9 Å². The summed E-state index contributed by atoms with van der Waals surface area (Å²) in [6.07, 6.45) is 0. The number of carbonyl (C=O) groups is 1. The van der Waals surface area contributed by atoms with Gasteiger partial charge in [-0.25, -0.2) is 5.43 Å². The molecule has 0 unspecified atom stereocenters. The standard InChI is InChI=1S/C17H16Cl2N2O4/c1-9(14-6-11(18)7-15(19)16(14)22)20-21-17(23)10-4-12(24-2)8-13(5-10)25-3/h4-8,22H,1-3H3,(H,21,23)/b20-9+. The van der Waals surface area contributed by atoms with E-state index in [1.54, 1.807) is 25.1 Å². The number of hydrogen-bond acceptors (Lipinski definition) is 5. The van der Waals surface area contributed by atoms with Crippen LogP contribution in [0, 0.1) is 0 Å². The number of rotatable bonds is 5. The Kier molecular flexibility index (Phi) is 6.12. The average Bonchev–Trinajstić information content (AvgIpc) is 2.61. The minimum atomic E-state index is -0.468. The van der Waals surface area contributed by atoms with Crippen LogP contribution in [0.5, 0.6) is 17.2 Å². The van der Waals surface area contributed by atoms with Gasteiger partial charge in [-0.3, -0.25) is 4.79 Å². The number of benzene rings is 2. The number of hydrogen-bond donors (Lipinski definition) is 2. The quantitative estimate of drug-likeness (QED) is 0.607. The second-order valence-electron chi connectivity index (χ2n) is 5.02. The second-order valence-corrected chi connectivity index (χ2v) is 5.87. The molecule has 6 nitrogen and oxygen atoms in total. The molecule has 2 rings (SSSR count). The third kappa shape index (κ3) is 4.55. The zero-order valence-electron chi connectivity index (χ0n) is 13.8. The van der Waals surface area contributed by atoms with Gasteiger partial charge < -0.3 is 14.6 Å². The maximum absolute atomic E-state index is 12.3. The summed E-state index contributed by atoms with van der Waals surface area (Å²) < 4.78 is 10.3. The van der Waals surface area contributed by atoms with Gasteiger partial charge in [0, 0.05) is 22.2 Å². The summed E-state index contributed by atoms with van der Waals surface area (Å²) in [4.78, 5) is 12.3. The van der Waals surface area contributed by atoms with Gasteiger partial charge in [0.05, 0.1) is 25.0 Å². The Morgan fingerprint density at radius 3 is 2.24 bits per heavy atom. The predicted molar refractivity (Wildman–Crippen MR) is 97.4 cm³/mol. The molecule has 0 spiro atoms. The third-order valence-electron chi connectivity index (χ3n) is 3.36. The highest BCUT2D eigenvalue weighted by atomic mass is 35.5. The molecule has 0 aliphatic heterocycles. The first-order chi connectivity index (χ1) is 11.8. The molecule has 0 aromatic heterocycles. The molecule has 1 amide bonds. The molecule has 2 aromatic carbocycles. The summed E-state index contributed by atoms with van der Waals surface area (Å²) in [6.45, 7) is 1.61. The number of carbonyl (C=O) groups excluding carboxylic acids is 1. The fraction of sp³-hybridized carbons (Fsp3) is 0.176. The van der Waals surface area contributed by atoms with Crippen molar-refractivity contribution in [1.82, 2.24) is 5.43 Å². The molecule has 0 radical (unpaired) electrons. The van der Waals surface area contributed by atoms with E-state index in [0.717, 1.165) is 0 Å². The summed E-state index contributed by atoms with van der Waals surface area (Å²) in [5.74, 6) is 0.322. The Morgan fingerprint density at radius 1 is 1.08 bits per heavy atom. The molecule has 8 heteroatoms. The fourth-order valence-corrected chi connectivity index (χ4v) is 2.53. The molecule has 0 fully saturated rings. The highest BCUT2D eigenvalue weighted by Gasteiger charge is 2.13. The Labute approximate surface area is 155 Å². The number of nitrogens with zero attached hydrogens (tertiary/aromatic N) is 1. The lowest BCUT2D eigenvalue weighted by Crippen LogP contribution is -2.19. The van der Waals surface area contributed by atoms with Crippen molar-refractivity contribution >= 4 is 34.8 Å². The van der Waals surface area contributed by atoms with Gasteiger partial charge in [-0.2, -0.15) is 5.10 Å². The summed E-state index contributed by atoms with van der Waals surface area (Å²) in [5.41, 5.74) is 3.37. The monoisotopic (exact) mass is 382 g/mol. The van der Waals surface area contributed by atoms with Crippen LogP contribution in [0.25, 0.3) is 0 Å². The van der Waals surface area contributed by atoms with Crippen LogP contribution in [0.3, 0.4) is 0 Å². The van der Waals surface area contributed by atoms with Crippen molar-refractivity contribution in [3.8, 4) is 17.2 Å². The van der Waals surface area contributed by atoms with Gasteiger partial charge in [-0.05, 0) is 31.2 Å². The Bertz CT molecular complexity index is 815. The van der Waals surface area contributed by atoms with Crippen LogP contribution in [0.4, 0.5) is 0 Å². The number of hydrazone groups is 1. The Morgan fingerprint density at radius 2 is 1.68 bits per heavy atom. The van der Waals surface area contributed by atoms with Gasteiger partial charge in [0.1, 0.15) is 17.2 Å². The van der Waals surface area contributed by atoms with E-state index < -0.39 is 5.91 Å². The molecule has 0 aliphatic rings. The van der Waals surface area contributed by atoms with E-state index in [2.05, 4.69) is 10.5 Å². The summed E-state index contributed by atoms with van der Waals surface area (Å²) in [7, 11) is 2.98. The molecule has 0 bridgehead atoms. The molecule has 0 saturated carbocycles. The SMILES string of the molecule is COc1cc(OC)cc(C(=O)N/N=C(\C)c2cc(Cl)cc(Cl)c2O)c1. The van der Waals surface area contributed by atoms with Crippen LogP contribution in [0.2, 0.25) is 10.0 Å². The number of amides is 1. The second kappa shape index (κ2) is 8.09. The largest absolute Gasteiger partial charge is 0.506 e. The van der Waals surface area contributed by atoms with Gasteiger partial charge in [-0.15, -0.1) is 0 Å². The van der Waals surface area contributed by atoms with Gasteiger partial charge in [-0.1, -0.05) is 23.2 Å². The zero-order chi connectivity index (χ0) is 18.6. The minimum absolute atomic E-state index is 0.0981. The van der Waals surface area contributed by atoms with E-state index >= 15 is 0 Å². The van der Waals surface area contributed by atoms with Gasteiger partial charge in [0.2, 0.25) is 0 Å². The fourth-order valence-electron chi connectivity index (χ4n) is 2.04. The number of ether oxygens (including phenoxy) is 2. The number of halogens is 2. The molecule has 0 saturated heterocycles. The molecule has 2 N–H and O–H groups in total. The van der Waals surface area contributed by atoms with E-state index in [1.807, 2.05) is 0 Å². The van der Waals surface area contributed by atoms with Crippen LogP contribution in [-0.4, -0.2) is 30.9 Å². The van der Waals surface area contributed by atoms with Crippen molar-refractivity contribution in [1.29, 1.82) is 0 Å². The number of phenols is 1. The van der Waals surface area contributed by atoms with Crippen molar-refractivity contribution < 1.29 is 19.4 Å². The smallest absolute Gasteiger partial charge is 0.271 e. The Balaban J connectivity index is 2.25. The van der Waals surface area contributed by atoms with Crippen LogP contribution in [0.15, 0.2) is 35.4 Å². The molecule has 132 valence electrons. The normalized spacial score (nSPS) is 11.2. The van der Waals surface area contributed by atoms with Crippen molar-refractivity contribution in [2.75, 3.05) is 14.2 Å². The molecule has 0 aliphatic carbocycles. The van der Waals surface area contributed by atoms with Crippen LogP contribution in [0.1, 0.15) is 22.8 Å². The van der Waals surface area contributed by atoms with Crippen molar-refractivity contribution in [2.45, 2.75) is 6.92 Å². The number of aromatic hydroxyl groups is 1. The molecule has 25 heavy (non-hydrogen) atoms.